The van der Waals surface area contributed by atoms with Crippen molar-refractivity contribution in [2.24, 2.45) is 5.73 Å². The fourth-order valence-corrected chi connectivity index (χ4v) is 1.77. The van der Waals surface area contributed by atoms with Gasteiger partial charge >= 0.3 is 6.18 Å². The number of ether oxygens (including phenoxy) is 1. The Bertz CT molecular complexity index is 584. The largest absolute Gasteiger partial charge is 0.411 e. The van der Waals surface area contributed by atoms with Gasteiger partial charge in [-0.1, -0.05) is 29.4 Å². The summed E-state index contributed by atoms with van der Waals surface area (Å²) < 4.78 is 45.3. The Balaban J connectivity index is 1.94. The molecule has 0 radical (unpaired) electrons. The third-order valence-electron chi connectivity index (χ3n) is 2.69. The van der Waals surface area contributed by atoms with E-state index in [4.69, 9.17) is 10.3 Å². The fraction of sp³-hybridized carbons (Fsp3) is 0.385. The van der Waals surface area contributed by atoms with Crippen molar-refractivity contribution in [3.05, 3.63) is 47.1 Å². The summed E-state index contributed by atoms with van der Waals surface area (Å²) in [6, 6.07) is 7.50. The number of halogens is 3. The first kappa shape index (κ1) is 15.5. The maximum Gasteiger partial charge on any atom is 0.411 e. The third kappa shape index (κ3) is 4.83. The minimum Gasteiger partial charge on any atom is -0.364 e. The van der Waals surface area contributed by atoms with Crippen LogP contribution in [0.2, 0.25) is 0 Å². The van der Waals surface area contributed by atoms with E-state index in [0.717, 1.165) is 11.1 Å². The molecule has 21 heavy (non-hydrogen) atoms. The number of hydrogen-bond donors (Lipinski definition) is 1. The second-order valence-corrected chi connectivity index (χ2v) is 4.36. The van der Waals surface area contributed by atoms with E-state index in [0.29, 0.717) is 18.9 Å². The second kappa shape index (κ2) is 6.68. The Morgan fingerprint density at radius 3 is 2.57 bits per heavy atom. The van der Waals surface area contributed by atoms with Crippen LogP contribution in [0.25, 0.3) is 0 Å². The maximum absolute atomic E-state index is 11.9. The molecule has 8 heteroatoms. The van der Waals surface area contributed by atoms with Gasteiger partial charge < -0.3 is 15.0 Å². The molecule has 0 spiro atoms. The number of nitrogens with zero attached hydrogens (tertiary/aromatic N) is 2. The van der Waals surface area contributed by atoms with Gasteiger partial charge in [-0.05, 0) is 11.1 Å². The molecule has 0 amide bonds. The number of alkyl halides is 3. The molecule has 0 aliphatic heterocycles. The lowest BCUT2D eigenvalue weighted by molar-refractivity contribution is -0.177. The maximum atomic E-state index is 11.9. The van der Waals surface area contributed by atoms with E-state index in [9.17, 15) is 13.2 Å². The average Bonchev–Trinajstić information content (AvgIpc) is 2.85. The van der Waals surface area contributed by atoms with E-state index in [2.05, 4.69) is 14.9 Å². The van der Waals surface area contributed by atoms with Gasteiger partial charge in [0.2, 0.25) is 5.89 Å². The van der Waals surface area contributed by atoms with Gasteiger partial charge in [-0.3, -0.25) is 0 Å². The van der Waals surface area contributed by atoms with Crippen molar-refractivity contribution in [3.63, 3.8) is 0 Å². The average molecular weight is 301 g/mol. The summed E-state index contributed by atoms with van der Waals surface area (Å²) in [6.07, 6.45) is -3.99. The summed E-state index contributed by atoms with van der Waals surface area (Å²) in [4.78, 5) is 3.99. The highest BCUT2D eigenvalue weighted by Gasteiger charge is 2.27. The minimum atomic E-state index is -4.37. The van der Waals surface area contributed by atoms with E-state index < -0.39 is 12.8 Å². The first-order valence-corrected chi connectivity index (χ1v) is 6.21. The van der Waals surface area contributed by atoms with Crippen molar-refractivity contribution in [1.29, 1.82) is 0 Å². The molecule has 0 bridgehead atoms. The van der Waals surface area contributed by atoms with E-state index in [1.807, 2.05) is 24.3 Å². The van der Waals surface area contributed by atoms with Crippen LogP contribution in [0.5, 0.6) is 0 Å². The van der Waals surface area contributed by atoms with Crippen molar-refractivity contribution in [3.8, 4) is 0 Å². The molecule has 0 aliphatic rings. The highest BCUT2D eigenvalue weighted by Crippen LogP contribution is 2.16. The summed E-state index contributed by atoms with van der Waals surface area (Å²) >= 11 is 0. The standard InChI is InChI=1S/C13H14F3N3O2/c14-13(15,16)8-20-7-11-18-12(21-19-11)5-9-3-1-2-4-10(9)6-17/h1-4H,5-8,17H2. The predicted octanol–water partition coefficient (Wildman–Crippen LogP) is 2.20. The Hall–Kier alpha value is -1.93. The Morgan fingerprint density at radius 2 is 1.90 bits per heavy atom. The normalized spacial score (nSPS) is 11.8. The highest BCUT2D eigenvalue weighted by molar-refractivity contribution is 5.28. The smallest absolute Gasteiger partial charge is 0.364 e. The van der Waals surface area contributed by atoms with Gasteiger partial charge in [0.25, 0.3) is 0 Å². The van der Waals surface area contributed by atoms with Crippen molar-refractivity contribution in [2.45, 2.75) is 25.7 Å². The van der Waals surface area contributed by atoms with E-state index in [-0.39, 0.29) is 12.4 Å². The summed E-state index contributed by atoms with van der Waals surface area (Å²) in [5.74, 6) is 0.390. The molecule has 2 rings (SSSR count). The van der Waals surface area contributed by atoms with Gasteiger partial charge in [-0.15, -0.1) is 0 Å². The van der Waals surface area contributed by atoms with Crippen LogP contribution in [0.1, 0.15) is 22.8 Å². The number of rotatable bonds is 6. The lowest BCUT2D eigenvalue weighted by atomic mass is 10.0. The van der Waals surface area contributed by atoms with Crippen LogP contribution in [-0.2, 0) is 24.3 Å². The molecule has 114 valence electrons. The molecular formula is C13H14F3N3O2. The van der Waals surface area contributed by atoms with Gasteiger partial charge in [-0.25, -0.2) is 0 Å². The highest BCUT2D eigenvalue weighted by atomic mass is 19.4. The quantitative estimate of drug-likeness (QED) is 0.885. The lowest BCUT2D eigenvalue weighted by Gasteiger charge is -2.05. The van der Waals surface area contributed by atoms with Crippen LogP contribution in [0, 0.1) is 0 Å². The molecule has 5 nitrogen and oxygen atoms in total. The van der Waals surface area contributed by atoms with Crippen LogP contribution in [0.3, 0.4) is 0 Å². The monoisotopic (exact) mass is 301 g/mol. The molecule has 1 aromatic carbocycles. The molecule has 0 aliphatic carbocycles. The lowest BCUT2D eigenvalue weighted by Crippen LogP contribution is -2.16. The van der Waals surface area contributed by atoms with E-state index >= 15 is 0 Å². The summed E-state index contributed by atoms with van der Waals surface area (Å²) in [5.41, 5.74) is 7.51. The molecule has 0 saturated heterocycles. The van der Waals surface area contributed by atoms with Crippen LogP contribution in [0.15, 0.2) is 28.8 Å². The Labute approximate surface area is 118 Å². The molecule has 0 fully saturated rings. The molecule has 0 saturated carbocycles. The SMILES string of the molecule is NCc1ccccc1Cc1nc(COCC(F)(F)F)no1. The number of benzene rings is 1. The number of hydrogen-bond acceptors (Lipinski definition) is 5. The van der Waals surface area contributed by atoms with E-state index in [1.165, 1.54) is 0 Å². The first-order chi connectivity index (χ1) is 9.98. The topological polar surface area (TPSA) is 74.2 Å². The van der Waals surface area contributed by atoms with Crippen molar-refractivity contribution >= 4 is 0 Å². The van der Waals surface area contributed by atoms with Crippen LogP contribution < -0.4 is 5.73 Å². The second-order valence-electron chi connectivity index (χ2n) is 4.36. The summed E-state index contributed by atoms with van der Waals surface area (Å²) in [7, 11) is 0. The van der Waals surface area contributed by atoms with Crippen molar-refractivity contribution < 1.29 is 22.4 Å². The Morgan fingerprint density at radius 1 is 1.19 bits per heavy atom. The first-order valence-electron chi connectivity index (χ1n) is 6.21. The molecular weight excluding hydrogens is 287 g/mol. The predicted molar refractivity (Wildman–Crippen MR) is 67.1 cm³/mol. The zero-order valence-electron chi connectivity index (χ0n) is 11.1. The molecule has 0 atom stereocenters. The molecule has 2 aromatic rings. The summed E-state index contributed by atoms with van der Waals surface area (Å²) in [5, 5.41) is 3.58. The molecule has 0 unspecified atom stereocenters. The zero-order chi connectivity index (χ0) is 15.3. The minimum absolute atomic E-state index is 0.0829. The zero-order valence-corrected chi connectivity index (χ0v) is 11.1. The van der Waals surface area contributed by atoms with Crippen LogP contribution >= 0.6 is 0 Å². The molecule has 2 N–H and O–H groups in total. The third-order valence-corrected chi connectivity index (χ3v) is 2.69. The Kier molecular flexibility index (Phi) is 4.92. The van der Waals surface area contributed by atoms with Gasteiger partial charge in [0.05, 0.1) is 6.42 Å². The van der Waals surface area contributed by atoms with Gasteiger partial charge in [0.15, 0.2) is 5.82 Å². The van der Waals surface area contributed by atoms with Crippen LogP contribution in [-0.4, -0.2) is 22.9 Å². The van der Waals surface area contributed by atoms with Crippen molar-refractivity contribution in [2.75, 3.05) is 6.61 Å². The number of nitrogens with two attached hydrogens (primary N) is 1. The van der Waals surface area contributed by atoms with Gasteiger partial charge in [-0.2, -0.15) is 18.2 Å². The van der Waals surface area contributed by atoms with Gasteiger partial charge in [0, 0.05) is 6.54 Å². The number of aromatic nitrogens is 2. The fourth-order valence-electron chi connectivity index (χ4n) is 1.77. The van der Waals surface area contributed by atoms with Crippen molar-refractivity contribution in [1.82, 2.24) is 10.1 Å². The van der Waals surface area contributed by atoms with Gasteiger partial charge in [0.1, 0.15) is 13.2 Å². The van der Waals surface area contributed by atoms with E-state index in [1.54, 1.807) is 0 Å². The summed E-state index contributed by atoms with van der Waals surface area (Å²) in [6.45, 7) is -1.31. The molecule has 1 heterocycles. The molecule has 1 aromatic heterocycles. The van der Waals surface area contributed by atoms with Crippen LogP contribution in [0.4, 0.5) is 13.2 Å².